The van der Waals surface area contributed by atoms with Gasteiger partial charge in [0.15, 0.2) is 0 Å². The van der Waals surface area contributed by atoms with Crippen molar-refractivity contribution in [1.82, 2.24) is 4.98 Å². The van der Waals surface area contributed by atoms with E-state index in [4.69, 9.17) is 14.4 Å². The molecule has 2 aromatic rings. The number of methoxy groups -OCH3 is 1. The Morgan fingerprint density at radius 2 is 2.00 bits per heavy atom. The maximum Gasteiger partial charge on any atom is 0.376 e. The van der Waals surface area contributed by atoms with E-state index < -0.39 is 11.9 Å². The Labute approximate surface area is 126 Å². The Hall–Kier alpha value is -3.14. The summed E-state index contributed by atoms with van der Waals surface area (Å²) < 4.78 is 14.8. The maximum absolute atomic E-state index is 11.7. The number of nitriles is 1. The average Bonchev–Trinajstić information content (AvgIpc) is 2.96. The smallest absolute Gasteiger partial charge is 0.376 e. The molecule has 0 aliphatic rings. The summed E-state index contributed by atoms with van der Waals surface area (Å²) in [6, 6.07) is 8.48. The molecule has 1 heterocycles. The van der Waals surface area contributed by atoms with Gasteiger partial charge in [-0.05, 0) is 24.3 Å². The fourth-order valence-corrected chi connectivity index (χ4v) is 1.68. The van der Waals surface area contributed by atoms with Gasteiger partial charge in [-0.25, -0.2) is 9.78 Å². The van der Waals surface area contributed by atoms with Gasteiger partial charge >= 0.3 is 11.9 Å². The summed E-state index contributed by atoms with van der Waals surface area (Å²) in [6.45, 7) is 1.05. The lowest BCUT2D eigenvalue weighted by Gasteiger charge is -1.99. The lowest BCUT2D eigenvalue weighted by molar-refractivity contribution is -0.142. The van der Waals surface area contributed by atoms with Crippen molar-refractivity contribution in [2.45, 2.75) is 13.5 Å². The number of aromatic nitrogens is 1. The van der Waals surface area contributed by atoms with Crippen molar-refractivity contribution >= 4 is 11.9 Å². The fourth-order valence-electron chi connectivity index (χ4n) is 1.68. The Morgan fingerprint density at radius 1 is 1.32 bits per heavy atom. The molecule has 0 unspecified atom stereocenters. The van der Waals surface area contributed by atoms with Crippen molar-refractivity contribution in [3.05, 3.63) is 41.3 Å². The summed E-state index contributed by atoms with van der Waals surface area (Å²) in [5, 5.41) is 8.78. The van der Waals surface area contributed by atoms with Crippen LogP contribution in [0.15, 0.2) is 28.7 Å². The van der Waals surface area contributed by atoms with E-state index in [1.54, 1.807) is 24.3 Å². The third-order valence-corrected chi connectivity index (χ3v) is 2.74. The molecule has 1 aromatic heterocycles. The zero-order chi connectivity index (χ0) is 16.1. The molecule has 0 bridgehead atoms. The zero-order valence-corrected chi connectivity index (χ0v) is 12.0. The highest BCUT2D eigenvalue weighted by Crippen LogP contribution is 2.23. The molecule has 7 nitrogen and oxygen atoms in total. The van der Waals surface area contributed by atoms with E-state index in [2.05, 4.69) is 9.72 Å². The molecule has 2 rings (SSSR count). The van der Waals surface area contributed by atoms with E-state index in [9.17, 15) is 9.59 Å². The Bertz CT molecular complexity index is 740. The molecule has 0 spiro atoms. The molecular weight excluding hydrogens is 288 g/mol. The minimum atomic E-state index is -0.713. The summed E-state index contributed by atoms with van der Waals surface area (Å²) in [6.07, 6.45) is 0. The molecule has 0 saturated carbocycles. The van der Waals surface area contributed by atoms with Crippen LogP contribution < -0.4 is 0 Å². The number of rotatable bonds is 4. The number of oxazole rings is 1. The van der Waals surface area contributed by atoms with E-state index >= 15 is 0 Å². The SMILES string of the molecule is COC(=O)c1oc(-c2ccc(C#N)cc2)nc1COC(C)=O. The molecule has 1 aromatic carbocycles. The van der Waals surface area contributed by atoms with Crippen LogP contribution in [0.1, 0.15) is 28.7 Å². The Balaban J connectivity index is 2.37. The molecule has 0 radical (unpaired) electrons. The van der Waals surface area contributed by atoms with Gasteiger partial charge in [-0.1, -0.05) is 0 Å². The Morgan fingerprint density at radius 3 is 2.55 bits per heavy atom. The van der Waals surface area contributed by atoms with Crippen molar-refractivity contribution in [1.29, 1.82) is 5.26 Å². The van der Waals surface area contributed by atoms with E-state index in [0.29, 0.717) is 11.1 Å². The standard InChI is InChI=1S/C15H12N2O5/c1-9(18)21-8-12-13(15(19)20-2)22-14(17-12)11-5-3-10(7-16)4-6-11/h3-6H,8H2,1-2H3. The van der Waals surface area contributed by atoms with Gasteiger partial charge in [0.25, 0.3) is 0 Å². The maximum atomic E-state index is 11.7. The molecule has 0 fully saturated rings. The van der Waals surface area contributed by atoms with Crippen molar-refractivity contribution in [3.63, 3.8) is 0 Å². The van der Waals surface area contributed by atoms with E-state index in [1.807, 2.05) is 6.07 Å². The number of nitrogens with zero attached hydrogens (tertiary/aromatic N) is 2. The third kappa shape index (κ3) is 3.30. The lowest BCUT2D eigenvalue weighted by atomic mass is 10.1. The molecular formula is C15H12N2O5. The highest BCUT2D eigenvalue weighted by molar-refractivity contribution is 5.88. The molecule has 0 saturated heterocycles. The highest BCUT2D eigenvalue weighted by Gasteiger charge is 2.22. The molecule has 22 heavy (non-hydrogen) atoms. The number of carbonyl (C=O) groups excluding carboxylic acids is 2. The number of hydrogen-bond acceptors (Lipinski definition) is 7. The van der Waals surface area contributed by atoms with Gasteiger partial charge in [0, 0.05) is 12.5 Å². The number of esters is 2. The molecule has 0 N–H and O–H groups in total. The largest absolute Gasteiger partial charge is 0.463 e. The van der Waals surface area contributed by atoms with Crippen LogP contribution >= 0.6 is 0 Å². The van der Waals surface area contributed by atoms with Gasteiger partial charge in [0.05, 0.1) is 18.7 Å². The Kier molecular flexibility index (Phi) is 4.53. The van der Waals surface area contributed by atoms with Crippen LogP contribution in [0.5, 0.6) is 0 Å². The molecule has 0 amide bonds. The molecule has 0 atom stereocenters. The van der Waals surface area contributed by atoms with Crippen molar-refractivity contribution in [2.75, 3.05) is 7.11 Å². The fraction of sp³-hybridized carbons (Fsp3) is 0.200. The predicted molar refractivity (Wildman–Crippen MR) is 73.5 cm³/mol. The van der Waals surface area contributed by atoms with Gasteiger partial charge in [0.1, 0.15) is 12.3 Å². The molecule has 0 aliphatic carbocycles. The van der Waals surface area contributed by atoms with E-state index in [-0.39, 0.29) is 24.0 Å². The average molecular weight is 300 g/mol. The van der Waals surface area contributed by atoms with Gasteiger partial charge in [-0.15, -0.1) is 0 Å². The number of hydrogen-bond donors (Lipinski definition) is 0. The lowest BCUT2D eigenvalue weighted by Crippen LogP contribution is -2.06. The van der Waals surface area contributed by atoms with Crippen LogP contribution in [0.25, 0.3) is 11.5 Å². The van der Waals surface area contributed by atoms with Crippen molar-refractivity contribution in [2.24, 2.45) is 0 Å². The van der Waals surface area contributed by atoms with Crippen LogP contribution in [0.4, 0.5) is 0 Å². The molecule has 0 aliphatic heterocycles. The summed E-state index contributed by atoms with van der Waals surface area (Å²) in [5.74, 6) is -1.16. The van der Waals surface area contributed by atoms with Gasteiger partial charge in [-0.2, -0.15) is 5.26 Å². The monoisotopic (exact) mass is 300 g/mol. The quantitative estimate of drug-likeness (QED) is 0.796. The minimum Gasteiger partial charge on any atom is -0.463 e. The van der Waals surface area contributed by atoms with Gasteiger partial charge in [0.2, 0.25) is 11.7 Å². The molecule has 112 valence electrons. The molecule has 7 heteroatoms. The topological polar surface area (TPSA) is 102 Å². The van der Waals surface area contributed by atoms with Gasteiger partial charge in [-0.3, -0.25) is 4.79 Å². The number of carbonyl (C=O) groups is 2. The van der Waals surface area contributed by atoms with Crippen LogP contribution in [0.2, 0.25) is 0 Å². The van der Waals surface area contributed by atoms with Crippen LogP contribution in [0, 0.1) is 11.3 Å². The van der Waals surface area contributed by atoms with E-state index in [0.717, 1.165) is 0 Å². The highest BCUT2D eigenvalue weighted by atomic mass is 16.5. The first-order chi connectivity index (χ1) is 10.5. The van der Waals surface area contributed by atoms with Crippen LogP contribution in [0.3, 0.4) is 0 Å². The summed E-state index contributed by atoms with van der Waals surface area (Å²) in [7, 11) is 1.21. The summed E-state index contributed by atoms with van der Waals surface area (Å²) in [4.78, 5) is 26.7. The van der Waals surface area contributed by atoms with Crippen LogP contribution in [-0.2, 0) is 20.9 Å². The van der Waals surface area contributed by atoms with E-state index in [1.165, 1.54) is 14.0 Å². The first-order valence-corrected chi connectivity index (χ1v) is 6.27. The number of benzene rings is 1. The first kappa shape index (κ1) is 15.3. The predicted octanol–water partition coefficient (Wildman–Crippen LogP) is 2.06. The zero-order valence-electron chi connectivity index (χ0n) is 12.0. The second-order valence-corrected chi connectivity index (χ2v) is 4.26. The summed E-state index contributed by atoms with van der Waals surface area (Å²) in [5.41, 5.74) is 1.24. The summed E-state index contributed by atoms with van der Waals surface area (Å²) >= 11 is 0. The second-order valence-electron chi connectivity index (χ2n) is 4.26. The number of ether oxygens (including phenoxy) is 2. The van der Waals surface area contributed by atoms with Crippen molar-refractivity contribution in [3.8, 4) is 17.5 Å². The van der Waals surface area contributed by atoms with Crippen molar-refractivity contribution < 1.29 is 23.5 Å². The second kappa shape index (κ2) is 6.54. The normalized spacial score (nSPS) is 9.86. The van der Waals surface area contributed by atoms with Gasteiger partial charge < -0.3 is 13.9 Å². The minimum absolute atomic E-state index is 0.122. The third-order valence-electron chi connectivity index (χ3n) is 2.74. The van der Waals surface area contributed by atoms with Crippen LogP contribution in [-0.4, -0.2) is 24.0 Å². The first-order valence-electron chi connectivity index (χ1n) is 6.27.